The van der Waals surface area contributed by atoms with Crippen molar-refractivity contribution in [2.45, 2.75) is 52.4 Å². The zero-order valence-electron chi connectivity index (χ0n) is 31.0. The number of nitrogens with zero attached hydrogens (tertiary/aromatic N) is 5. The van der Waals surface area contributed by atoms with E-state index in [4.69, 9.17) is 15.0 Å². The van der Waals surface area contributed by atoms with E-state index in [1.165, 1.54) is 11.1 Å². The first-order valence-electron chi connectivity index (χ1n) is 18.1. The number of fused-ring (bicyclic) bond motifs is 3. The minimum atomic E-state index is -0.300. The second kappa shape index (κ2) is 13.0. The second-order valence-electron chi connectivity index (χ2n) is 15.8. The number of aromatic nitrogens is 4. The summed E-state index contributed by atoms with van der Waals surface area (Å²) in [5, 5.41) is 12.1. The van der Waals surface area contributed by atoms with E-state index in [2.05, 4.69) is 167 Å². The Kier molecular flexibility index (Phi) is 8.27. The molecule has 0 saturated heterocycles. The van der Waals surface area contributed by atoms with Gasteiger partial charge in [-0.2, -0.15) is 5.26 Å². The Morgan fingerprint density at radius 3 is 1.45 bits per heavy atom. The molecule has 0 fully saturated rings. The smallest absolute Gasteiger partial charge is 0.165 e. The van der Waals surface area contributed by atoms with Gasteiger partial charge in [0.15, 0.2) is 5.82 Å². The highest BCUT2D eigenvalue weighted by molar-refractivity contribution is 6.12. The molecule has 0 atom stereocenters. The van der Waals surface area contributed by atoms with Crippen LogP contribution < -0.4 is 0 Å². The third-order valence-electron chi connectivity index (χ3n) is 9.76. The van der Waals surface area contributed by atoms with Crippen LogP contribution in [0.5, 0.6) is 0 Å². The van der Waals surface area contributed by atoms with Crippen LogP contribution in [0.4, 0.5) is 0 Å². The molecule has 8 rings (SSSR count). The molecule has 0 N–H and O–H groups in total. The summed E-state index contributed by atoms with van der Waals surface area (Å²) in [6.07, 6.45) is 0. The molecule has 6 aromatic carbocycles. The lowest BCUT2D eigenvalue weighted by atomic mass is 9.92. The SMILES string of the molecule is CC(C)(C)c1nc(-c2cc(-c3cccc(C#N)c3)ccc2-n2c3ccc(-c4ccccc4)cc3c3cc(-c4ccccc4)ccc32)nc(C(C)(C)C)n1. The predicted molar refractivity (Wildman–Crippen MR) is 218 cm³/mol. The summed E-state index contributed by atoms with van der Waals surface area (Å²) in [5.74, 6) is 2.12. The van der Waals surface area contributed by atoms with E-state index in [0.717, 1.165) is 67.0 Å². The fraction of sp³-hybridized carbons (Fsp3) is 0.167. The Labute approximate surface area is 311 Å². The van der Waals surface area contributed by atoms with Gasteiger partial charge < -0.3 is 4.57 Å². The van der Waals surface area contributed by atoms with Crippen molar-refractivity contribution in [1.29, 1.82) is 5.26 Å². The van der Waals surface area contributed by atoms with Crippen molar-refractivity contribution < 1.29 is 0 Å². The first-order chi connectivity index (χ1) is 25.5. The van der Waals surface area contributed by atoms with Gasteiger partial charge in [0.2, 0.25) is 0 Å². The summed E-state index contributed by atoms with van der Waals surface area (Å²) in [5.41, 5.74) is 10.7. The molecular weight excluding hydrogens is 647 g/mol. The molecule has 0 saturated carbocycles. The van der Waals surface area contributed by atoms with E-state index in [0.29, 0.717) is 11.4 Å². The molecule has 0 bridgehead atoms. The average molecular weight is 688 g/mol. The Bertz CT molecular complexity index is 2560. The van der Waals surface area contributed by atoms with Gasteiger partial charge in [0.1, 0.15) is 11.6 Å². The van der Waals surface area contributed by atoms with E-state index in [-0.39, 0.29) is 10.8 Å². The molecule has 258 valence electrons. The molecule has 2 heterocycles. The topological polar surface area (TPSA) is 67.4 Å². The summed E-state index contributed by atoms with van der Waals surface area (Å²) in [4.78, 5) is 15.4. The van der Waals surface area contributed by atoms with Crippen LogP contribution in [0.2, 0.25) is 0 Å². The molecule has 0 spiro atoms. The van der Waals surface area contributed by atoms with Crippen LogP contribution >= 0.6 is 0 Å². The Balaban J connectivity index is 1.46. The van der Waals surface area contributed by atoms with E-state index in [1.54, 1.807) is 0 Å². The fourth-order valence-electron chi connectivity index (χ4n) is 6.93. The van der Waals surface area contributed by atoms with Crippen LogP contribution in [0.3, 0.4) is 0 Å². The molecule has 0 aliphatic carbocycles. The van der Waals surface area contributed by atoms with Crippen LogP contribution in [-0.4, -0.2) is 19.5 Å². The number of nitriles is 1. The maximum absolute atomic E-state index is 9.73. The van der Waals surface area contributed by atoms with E-state index >= 15 is 0 Å². The van der Waals surface area contributed by atoms with Gasteiger partial charge >= 0.3 is 0 Å². The number of hydrogen-bond acceptors (Lipinski definition) is 4. The lowest BCUT2D eigenvalue weighted by Crippen LogP contribution is -2.24. The molecule has 0 radical (unpaired) electrons. The summed E-state index contributed by atoms with van der Waals surface area (Å²) in [6, 6.07) is 51.2. The lowest BCUT2D eigenvalue weighted by Gasteiger charge is -2.23. The summed E-state index contributed by atoms with van der Waals surface area (Å²) >= 11 is 0. The molecule has 0 amide bonds. The maximum Gasteiger partial charge on any atom is 0.165 e. The molecular formula is C48H41N5. The summed E-state index contributed by atoms with van der Waals surface area (Å²) < 4.78 is 2.36. The first-order valence-corrected chi connectivity index (χ1v) is 18.1. The molecule has 8 aromatic rings. The van der Waals surface area contributed by atoms with Gasteiger partial charge in [-0.15, -0.1) is 0 Å². The highest BCUT2D eigenvalue weighted by Gasteiger charge is 2.27. The van der Waals surface area contributed by atoms with E-state index < -0.39 is 0 Å². The summed E-state index contributed by atoms with van der Waals surface area (Å²) in [6.45, 7) is 12.9. The zero-order chi connectivity index (χ0) is 36.9. The van der Waals surface area contributed by atoms with Crippen molar-refractivity contribution in [1.82, 2.24) is 19.5 Å². The highest BCUT2D eigenvalue weighted by Crippen LogP contribution is 2.41. The van der Waals surface area contributed by atoms with Gasteiger partial charge in [-0.3, -0.25) is 0 Å². The first kappa shape index (κ1) is 33.7. The average Bonchev–Trinajstić information content (AvgIpc) is 3.50. The van der Waals surface area contributed by atoms with Crippen molar-refractivity contribution in [3.8, 4) is 56.5 Å². The molecule has 0 aliphatic heterocycles. The third-order valence-corrected chi connectivity index (χ3v) is 9.76. The van der Waals surface area contributed by atoms with Crippen LogP contribution in [0.1, 0.15) is 58.8 Å². The van der Waals surface area contributed by atoms with Gasteiger partial charge in [-0.1, -0.05) is 133 Å². The predicted octanol–water partition coefficient (Wildman–Crippen LogP) is 12.1. The van der Waals surface area contributed by atoms with Crippen LogP contribution in [0.15, 0.2) is 140 Å². The maximum atomic E-state index is 9.73. The largest absolute Gasteiger partial charge is 0.308 e. The highest BCUT2D eigenvalue weighted by atomic mass is 15.1. The minimum absolute atomic E-state index is 0.300. The molecule has 5 heteroatoms. The normalized spacial score (nSPS) is 11.9. The quantitative estimate of drug-likeness (QED) is 0.181. The molecule has 53 heavy (non-hydrogen) atoms. The standard InChI is InChI=1S/C48H41N5/c1-47(2,3)45-50-44(51-46(52-45)48(4,5)6)40-29-37(34-19-13-14-31(26-34)30-49)22-25-43(40)53-41-23-20-35(32-15-9-7-10-16-32)27-38(41)39-28-36(21-24-42(39)53)33-17-11-8-12-18-33/h7-29H,1-6H3. The van der Waals surface area contributed by atoms with E-state index in [1.807, 2.05) is 24.3 Å². The Morgan fingerprint density at radius 2 is 0.943 bits per heavy atom. The number of hydrogen-bond donors (Lipinski definition) is 0. The van der Waals surface area contributed by atoms with Gasteiger partial charge in [0.05, 0.1) is 28.4 Å². The van der Waals surface area contributed by atoms with Crippen molar-refractivity contribution in [2.24, 2.45) is 0 Å². The zero-order valence-corrected chi connectivity index (χ0v) is 31.0. The van der Waals surface area contributed by atoms with Crippen molar-refractivity contribution >= 4 is 21.8 Å². The summed E-state index contributed by atoms with van der Waals surface area (Å²) in [7, 11) is 0. The number of rotatable bonds is 5. The number of benzene rings is 6. The van der Waals surface area contributed by atoms with Crippen molar-refractivity contribution in [3.05, 3.63) is 157 Å². The van der Waals surface area contributed by atoms with Gasteiger partial charge in [0, 0.05) is 27.2 Å². The monoisotopic (exact) mass is 687 g/mol. The minimum Gasteiger partial charge on any atom is -0.308 e. The lowest BCUT2D eigenvalue weighted by molar-refractivity contribution is 0.497. The fourth-order valence-corrected chi connectivity index (χ4v) is 6.93. The third kappa shape index (κ3) is 6.38. The molecule has 0 aliphatic rings. The van der Waals surface area contributed by atoms with Gasteiger partial charge in [-0.05, 0) is 81.9 Å². The van der Waals surface area contributed by atoms with Crippen LogP contribution in [0.25, 0.3) is 72.3 Å². The van der Waals surface area contributed by atoms with Crippen LogP contribution in [-0.2, 0) is 10.8 Å². The van der Waals surface area contributed by atoms with Crippen molar-refractivity contribution in [2.75, 3.05) is 0 Å². The molecule has 2 aromatic heterocycles. The Morgan fingerprint density at radius 1 is 0.472 bits per heavy atom. The van der Waals surface area contributed by atoms with Gasteiger partial charge in [0.25, 0.3) is 0 Å². The molecule has 5 nitrogen and oxygen atoms in total. The van der Waals surface area contributed by atoms with Gasteiger partial charge in [-0.25, -0.2) is 15.0 Å². The second-order valence-corrected chi connectivity index (χ2v) is 15.8. The Hall–Kier alpha value is -6.38. The van der Waals surface area contributed by atoms with E-state index in [9.17, 15) is 5.26 Å². The molecule has 0 unspecified atom stereocenters. The van der Waals surface area contributed by atoms with Crippen molar-refractivity contribution in [3.63, 3.8) is 0 Å². The van der Waals surface area contributed by atoms with Crippen LogP contribution in [0, 0.1) is 11.3 Å².